The van der Waals surface area contributed by atoms with Gasteiger partial charge in [-0.15, -0.1) is 0 Å². The Kier molecular flexibility index (Phi) is 6.74. The number of ether oxygens (including phenoxy) is 2. The van der Waals surface area contributed by atoms with Gasteiger partial charge in [-0.2, -0.15) is 18.4 Å². The highest BCUT2D eigenvalue weighted by Gasteiger charge is 2.24. The fraction of sp³-hybridized carbons (Fsp3) is 0.333. The first-order chi connectivity index (χ1) is 14.8. The molecule has 0 spiro atoms. The van der Waals surface area contributed by atoms with Crippen molar-refractivity contribution in [2.45, 2.75) is 12.8 Å². The van der Waals surface area contributed by atoms with Crippen LogP contribution in [0.3, 0.4) is 0 Å². The van der Waals surface area contributed by atoms with E-state index in [0.29, 0.717) is 13.1 Å². The van der Waals surface area contributed by atoms with E-state index in [9.17, 15) is 18.0 Å². The molecule has 13 heteroatoms. The Morgan fingerprint density at radius 3 is 2.26 bits per heavy atom. The number of carbonyl (C=O) groups excluding carboxylic acids is 2. The van der Waals surface area contributed by atoms with Crippen molar-refractivity contribution in [3.8, 4) is 11.8 Å². The summed E-state index contributed by atoms with van der Waals surface area (Å²) in [6, 6.07) is 6.44. The Morgan fingerprint density at radius 1 is 1.03 bits per heavy atom. The topological polar surface area (TPSA) is 152 Å². The number of hydrogen-bond acceptors (Lipinski definition) is 8. The van der Waals surface area contributed by atoms with E-state index in [1.807, 2.05) is 0 Å². The monoisotopic (exact) mass is 450 g/mol. The number of para-hydroxylation sites is 1. The summed E-state index contributed by atoms with van der Waals surface area (Å²) in [7, 11) is -1.64. The Morgan fingerprint density at radius 2 is 1.65 bits per heavy atom. The number of nitrogens with one attached hydrogen (secondary N) is 3. The highest BCUT2D eigenvalue weighted by molar-refractivity contribution is 7.91. The van der Waals surface area contributed by atoms with Gasteiger partial charge in [0.05, 0.1) is 31.5 Å². The van der Waals surface area contributed by atoms with Crippen LogP contribution in [0.5, 0.6) is 11.8 Å². The number of likely N-dealkylation sites (tertiary alicyclic amines) is 1. The standard InChI is InChI=1S/C18H22N6O6S/c1-29-14-11-15(30-2)20-17(19-14)21-18(26)23-31(27,28)22-13-8-4-3-7-12(13)16(25)24-9-5-6-10-24/h3-4,7-8,11,22H,5-6,9-10H2,1-2H3,(H2,19,20,21,23,26). The van der Waals surface area contributed by atoms with Crippen LogP contribution in [-0.2, 0) is 10.2 Å². The van der Waals surface area contributed by atoms with E-state index in [1.165, 1.54) is 32.4 Å². The third-order valence-corrected chi connectivity index (χ3v) is 5.29. The molecule has 2 heterocycles. The summed E-state index contributed by atoms with van der Waals surface area (Å²) in [5.41, 5.74) is 0.245. The molecule has 1 fully saturated rings. The van der Waals surface area contributed by atoms with Gasteiger partial charge in [-0.1, -0.05) is 12.1 Å². The van der Waals surface area contributed by atoms with Crippen LogP contribution < -0.4 is 24.2 Å². The van der Waals surface area contributed by atoms with E-state index < -0.39 is 16.2 Å². The van der Waals surface area contributed by atoms with Crippen LogP contribution in [0.15, 0.2) is 30.3 Å². The van der Waals surface area contributed by atoms with Crippen LogP contribution in [0.25, 0.3) is 0 Å². The number of benzene rings is 1. The van der Waals surface area contributed by atoms with E-state index in [-0.39, 0.29) is 34.9 Å². The highest BCUT2D eigenvalue weighted by atomic mass is 32.2. The summed E-state index contributed by atoms with van der Waals surface area (Å²) in [5.74, 6) is -0.291. The fourth-order valence-corrected chi connectivity index (χ4v) is 3.75. The molecule has 3 N–H and O–H groups in total. The van der Waals surface area contributed by atoms with Gasteiger partial charge in [0.2, 0.25) is 17.7 Å². The lowest BCUT2D eigenvalue weighted by Gasteiger charge is -2.18. The van der Waals surface area contributed by atoms with Crippen molar-refractivity contribution in [3.63, 3.8) is 0 Å². The molecule has 0 aliphatic carbocycles. The van der Waals surface area contributed by atoms with Crippen LogP contribution in [0.4, 0.5) is 16.4 Å². The number of urea groups is 1. The number of amides is 3. The summed E-state index contributed by atoms with van der Waals surface area (Å²) < 4.78 is 38.8. The lowest BCUT2D eigenvalue weighted by molar-refractivity contribution is 0.0794. The predicted octanol–water partition coefficient (Wildman–Crippen LogP) is 1.21. The number of nitrogens with zero attached hydrogens (tertiary/aromatic N) is 3. The molecule has 1 aromatic carbocycles. The smallest absolute Gasteiger partial charge is 0.336 e. The zero-order chi connectivity index (χ0) is 22.4. The molecule has 3 amide bonds. The van der Waals surface area contributed by atoms with Crippen LogP contribution in [0.1, 0.15) is 23.2 Å². The van der Waals surface area contributed by atoms with Crippen molar-refractivity contribution in [3.05, 3.63) is 35.9 Å². The molecule has 1 aromatic heterocycles. The van der Waals surface area contributed by atoms with Gasteiger partial charge in [0.15, 0.2) is 0 Å². The zero-order valence-corrected chi connectivity index (χ0v) is 17.7. The molecule has 2 aromatic rings. The predicted molar refractivity (Wildman–Crippen MR) is 111 cm³/mol. The third-order valence-electron chi connectivity index (χ3n) is 4.34. The first-order valence-electron chi connectivity index (χ1n) is 9.28. The van der Waals surface area contributed by atoms with E-state index in [0.717, 1.165) is 12.8 Å². The molecule has 0 saturated carbocycles. The molecule has 3 rings (SSSR count). The van der Waals surface area contributed by atoms with Crippen molar-refractivity contribution in [2.75, 3.05) is 37.3 Å². The molecule has 0 atom stereocenters. The Hall–Kier alpha value is -3.61. The zero-order valence-electron chi connectivity index (χ0n) is 16.9. The molecule has 0 unspecified atom stereocenters. The van der Waals surface area contributed by atoms with Crippen LogP contribution in [-0.4, -0.2) is 62.5 Å². The van der Waals surface area contributed by atoms with E-state index in [4.69, 9.17) is 9.47 Å². The van der Waals surface area contributed by atoms with Gasteiger partial charge in [0, 0.05) is 13.1 Å². The lowest BCUT2D eigenvalue weighted by Crippen LogP contribution is -2.39. The average Bonchev–Trinajstić information content (AvgIpc) is 3.27. The second kappa shape index (κ2) is 9.47. The van der Waals surface area contributed by atoms with Gasteiger partial charge in [0.1, 0.15) is 0 Å². The SMILES string of the molecule is COc1cc(OC)nc(NC(=O)NS(=O)(=O)Nc2ccccc2C(=O)N2CCCC2)n1. The number of rotatable bonds is 7. The summed E-state index contributed by atoms with van der Waals surface area (Å²) in [5, 5.41) is 2.19. The Balaban J connectivity index is 1.71. The van der Waals surface area contributed by atoms with Crippen molar-refractivity contribution < 1.29 is 27.5 Å². The second-order valence-corrected chi connectivity index (χ2v) is 7.90. The van der Waals surface area contributed by atoms with Crippen molar-refractivity contribution in [1.29, 1.82) is 0 Å². The fourth-order valence-electron chi connectivity index (χ4n) is 2.94. The van der Waals surface area contributed by atoms with Gasteiger partial charge in [-0.3, -0.25) is 14.8 Å². The Labute approximate surface area is 179 Å². The van der Waals surface area contributed by atoms with E-state index in [1.54, 1.807) is 21.8 Å². The van der Waals surface area contributed by atoms with Gasteiger partial charge in [0.25, 0.3) is 5.91 Å². The van der Waals surface area contributed by atoms with E-state index >= 15 is 0 Å². The van der Waals surface area contributed by atoms with Crippen molar-refractivity contribution in [2.24, 2.45) is 0 Å². The van der Waals surface area contributed by atoms with Crippen LogP contribution in [0.2, 0.25) is 0 Å². The molecule has 1 aliphatic heterocycles. The minimum absolute atomic E-state index is 0.0546. The maximum atomic E-state index is 12.7. The van der Waals surface area contributed by atoms with Crippen molar-refractivity contribution in [1.82, 2.24) is 19.6 Å². The van der Waals surface area contributed by atoms with E-state index in [2.05, 4.69) is 20.0 Å². The van der Waals surface area contributed by atoms with Crippen molar-refractivity contribution >= 4 is 33.8 Å². The van der Waals surface area contributed by atoms with Crippen LogP contribution >= 0.6 is 0 Å². The number of anilines is 2. The molecular weight excluding hydrogens is 428 g/mol. The quantitative estimate of drug-likeness (QED) is 0.569. The molecule has 166 valence electrons. The second-order valence-electron chi connectivity index (χ2n) is 6.48. The van der Waals surface area contributed by atoms with Gasteiger partial charge in [-0.25, -0.2) is 9.52 Å². The molecular formula is C18H22N6O6S. The minimum atomic E-state index is -4.37. The van der Waals surface area contributed by atoms with Gasteiger partial charge >= 0.3 is 16.2 Å². The number of hydrogen-bond donors (Lipinski definition) is 3. The number of carbonyl (C=O) groups is 2. The lowest BCUT2D eigenvalue weighted by atomic mass is 10.1. The first kappa shape index (κ1) is 22.1. The first-order valence-corrected chi connectivity index (χ1v) is 10.8. The summed E-state index contributed by atoms with van der Waals surface area (Å²) in [6.45, 7) is 1.23. The maximum absolute atomic E-state index is 12.7. The normalized spacial score (nSPS) is 13.4. The Bertz CT molecular complexity index is 1050. The molecule has 1 saturated heterocycles. The molecule has 1 aliphatic rings. The summed E-state index contributed by atoms with van der Waals surface area (Å²) in [4.78, 5) is 34.3. The van der Waals surface area contributed by atoms with Gasteiger partial charge < -0.3 is 14.4 Å². The third kappa shape index (κ3) is 5.72. The van der Waals surface area contributed by atoms with Gasteiger partial charge in [-0.05, 0) is 25.0 Å². The molecule has 0 radical (unpaired) electrons. The number of aromatic nitrogens is 2. The summed E-state index contributed by atoms with van der Waals surface area (Å²) in [6.07, 6.45) is 1.80. The maximum Gasteiger partial charge on any atom is 0.336 e. The molecule has 0 bridgehead atoms. The van der Waals surface area contributed by atoms with Crippen LogP contribution in [0, 0.1) is 0 Å². The highest BCUT2D eigenvalue weighted by Crippen LogP contribution is 2.21. The number of methoxy groups -OCH3 is 2. The average molecular weight is 450 g/mol. The largest absolute Gasteiger partial charge is 0.481 e. The minimum Gasteiger partial charge on any atom is -0.481 e. The molecule has 31 heavy (non-hydrogen) atoms. The molecule has 12 nitrogen and oxygen atoms in total. The summed E-state index contributed by atoms with van der Waals surface area (Å²) >= 11 is 0.